The van der Waals surface area contributed by atoms with Crippen LogP contribution in [0.15, 0.2) is 12.3 Å². The van der Waals surface area contributed by atoms with Crippen LogP contribution >= 0.6 is 0 Å². The number of hydrogen-bond donors (Lipinski definition) is 1. The molecule has 2 N–H and O–H groups in total. The van der Waals surface area contributed by atoms with Gasteiger partial charge >= 0.3 is 6.18 Å². The summed E-state index contributed by atoms with van der Waals surface area (Å²) < 4.78 is 41.3. The Morgan fingerprint density at radius 3 is 2.75 bits per heavy atom. The van der Waals surface area contributed by atoms with Gasteiger partial charge in [-0.1, -0.05) is 0 Å². The van der Waals surface area contributed by atoms with E-state index in [1.165, 1.54) is 0 Å². The first-order valence-electron chi connectivity index (χ1n) is 4.78. The molecule has 1 aromatic heterocycles. The molecule has 16 heavy (non-hydrogen) atoms. The van der Waals surface area contributed by atoms with Crippen LogP contribution in [0.5, 0.6) is 0 Å². The normalized spacial score (nSPS) is 14.1. The molecule has 0 saturated heterocycles. The van der Waals surface area contributed by atoms with Crippen molar-refractivity contribution in [3.05, 3.63) is 18.0 Å². The molecule has 0 radical (unpaired) electrons. The van der Waals surface area contributed by atoms with Crippen LogP contribution in [0.25, 0.3) is 0 Å². The lowest BCUT2D eigenvalue weighted by atomic mass is 10.1. The van der Waals surface area contributed by atoms with E-state index >= 15 is 0 Å². The van der Waals surface area contributed by atoms with Gasteiger partial charge in [0, 0.05) is 25.9 Å². The van der Waals surface area contributed by atoms with Crippen molar-refractivity contribution in [3.8, 4) is 0 Å². The van der Waals surface area contributed by atoms with Gasteiger partial charge in [0.15, 0.2) is 0 Å². The van der Waals surface area contributed by atoms with Gasteiger partial charge in [-0.25, -0.2) is 0 Å². The summed E-state index contributed by atoms with van der Waals surface area (Å²) in [5.41, 5.74) is 6.54. The Kier molecular flexibility index (Phi) is 4.31. The summed E-state index contributed by atoms with van der Waals surface area (Å²) in [6.45, 7) is -1.25. The third-order valence-corrected chi connectivity index (χ3v) is 2.08. The van der Waals surface area contributed by atoms with E-state index < -0.39 is 12.8 Å². The van der Waals surface area contributed by atoms with Crippen LogP contribution in [0.1, 0.15) is 18.2 Å². The fraction of sp³-hybridized carbons (Fsp3) is 0.667. The monoisotopic (exact) mass is 237 g/mol. The summed E-state index contributed by atoms with van der Waals surface area (Å²) in [4.78, 5) is 0. The average molecular weight is 237 g/mol. The maximum absolute atomic E-state index is 11.7. The molecule has 1 rings (SSSR count). The van der Waals surface area contributed by atoms with Gasteiger partial charge in [0.05, 0.1) is 5.69 Å². The van der Waals surface area contributed by atoms with Crippen molar-refractivity contribution in [2.24, 2.45) is 12.8 Å². The molecule has 1 heterocycles. The van der Waals surface area contributed by atoms with E-state index in [4.69, 9.17) is 5.73 Å². The van der Waals surface area contributed by atoms with Crippen LogP contribution in [0.2, 0.25) is 0 Å². The van der Waals surface area contributed by atoms with Gasteiger partial charge in [-0.05, 0) is 12.5 Å². The van der Waals surface area contributed by atoms with Crippen molar-refractivity contribution in [2.45, 2.75) is 18.6 Å². The molecule has 0 saturated carbocycles. The van der Waals surface area contributed by atoms with E-state index in [1.807, 2.05) is 0 Å². The van der Waals surface area contributed by atoms with E-state index in [-0.39, 0.29) is 12.6 Å². The second kappa shape index (κ2) is 5.31. The van der Waals surface area contributed by atoms with Crippen molar-refractivity contribution in [3.63, 3.8) is 0 Å². The molecule has 0 spiro atoms. The highest BCUT2D eigenvalue weighted by molar-refractivity contribution is 5.05. The van der Waals surface area contributed by atoms with Gasteiger partial charge in [0.2, 0.25) is 0 Å². The number of halogens is 3. The van der Waals surface area contributed by atoms with Crippen LogP contribution < -0.4 is 5.73 Å². The first-order valence-corrected chi connectivity index (χ1v) is 4.78. The summed E-state index contributed by atoms with van der Waals surface area (Å²) in [5, 5.41) is 3.92. The van der Waals surface area contributed by atoms with Crippen molar-refractivity contribution in [1.82, 2.24) is 9.78 Å². The highest BCUT2D eigenvalue weighted by Gasteiger charge is 2.27. The zero-order valence-electron chi connectivity index (χ0n) is 8.87. The number of alkyl halides is 3. The minimum Gasteiger partial charge on any atom is -0.372 e. The van der Waals surface area contributed by atoms with Crippen LogP contribution in [0.4, 0.5) is 13.2 Å². The Balaban J connectivity index is 2.26. The van der Waals surface area contributed by atoms with Gasteiger partial charge < -0.3 is 10.5 Å². The van der Waals surface area contributed by atoms with Crippen molar-refractivity contribution < 1.29 is 17.9 Å². The molecule has 92 valence electrons. The lowest BCUT2D eigenvalue weighted by molar-refractivity contribution is -0.174. The van der Waals surface area contributed by atoms with E-state index in [2.05, 4.69) is 9.84 Å². The minimum absolute atomic E-state index is 0.0220. The summed E-state index contributed by atoms with van der Waals surface area (Å²) in [6, 6.07) is 1.37. The molecule has 1 atom stereocenters. The molecule has 4 nitrogen and oxygen atoms in total. The van der Waals surface area contributed by atoms with Gasteiger partial charge in [0.25, 0.3) is 0 Å². The SMILES string of the molecule is Cn1nccc1C(N)CCOCC(F)(F)F. The predicted molar refractivity (Wildman–Crippen MR) is 51.6 cm³/mol. The number of rotatable bonds is 5. The average Bonchev–Trinajstić information content (AvgIpc) is 2.57. The zero-order valence-corrected chi connectivity index (χ0v) is 8.87. The molecule has 0 amide bonds. The summed E-state index contributed by atoms with van der Waals surface area (Å²) in [5.74, 6) is 0. The fourth-order valence-electron chi connectivity index (χ4n) is 1.29. The minimum atomic E-state index is -4.28. The summed E-state index contributed by atoms with van der Waals surface area (Å²) >= 11 is 0. The molecule has 0 bridgehead atoms. The molecule has 0 aliphatic carbocycles. The van der Waals surface area contributed by atoms with E-state index in [9.17, 15) is 13.2 Å². The van der Waals surface area contributed by atoms with E-state index in [0.29, 0.717) is 6.42 Å². The Morgan fingerprint density at radius 2 is 2.25 bits per heavy atom. The number of nitrogens with zero attached hydrogens (tertiary/aromatic N) is 2. The molecular formula is C9H14F3N3O. The Labute approximate surface area is 91.2 Å². The Hall–Kier alpha value is -1.08. The number of aryl methyl sites for hydroxylation is 1. The summed E-state index contributed by atoms with van der Waals surface area (Å²) in [6.07, 6.45) is -2.36. The van der Waals surface area contributed by atoms with Gasteiger partial charge in [0.1, 0.15) is 6.61 Å². The molecule has 1 aromatic rings. The number of hydrogen-bond acceptors (Lipinski definition) is 3. The summed E-state index contributed by atoms with van der Waals surface area (Å²) in [7, 11) is 1.73. The third kappa shape index (κ3) is 4.19. The van der Waals surface area contributed by atoms with Crippen LogP contribution in [0.3, 0.4) is 0 Å². The van der Waals surface area contributed by atoms with Crippen molar-refractivity contribution >= 4 is 0 Å². The van der Waals surface area contributed by atoms with Crippen molar-refractivity contribution in [1.29, 1.82) is 0 Å². The number of aromatic nitrogens is 2. The maximum atomic E-state index is 11.7. The van der Waals surface area contributed by atoms with Gasteiger partial charge in [-0.2, -0.15) is 18.3 Å². The third-order valence-electron chi connectivity index (χ3n) is 2.08. The van der Waals surface area contributed by atoms with Crippen molar-refractivity contribution in [2.75, 3.05) is 13.2 Å². The molecule has 0 aromatic carbocycles. The predicted octanol–water partition coefficient (Wildman–Crippen LogP) is 1.39. The first-order chi connectivity index (χ1) is 7.40. The van der Waals surface area contributed by atoms with Crippen LogP contribution in [0, 0.1) is 0 Å². The quantitative estimate of drug-likeness (QED) is 0.787. The number of ether oxygens (including phenoxy) is 1. The first kappa shape index (κ1) is 13.0. The second-order valence-corrected chi connectivity index (χ2v) is 3.44. The Bertz CT molecular complexity index is 324. The molecule has 1 unspecified atom stereocenters. The number of nitrogens with two attached hydrogens (primary N) is 1. The zero-order chi connectivity index (χ0) is 12.2. The van der Waals surface area contributed by atoms with Gasteiger partial charge in [-0.3, -0.25) is 4.68 Å². The lowest BCUT2D eigenvalue weighted by Crippen LogP contribution is -2.20. The Morgan fingerprint density at radius 1 is 1.56 bits per heavy atom. The highest BCUT2D eigenvalue weighted by Crippen LogP contribution is 2.16. The smallest absolute Gasteiger partial charge is 0.372 e. The molecule has 0 aliphatic heterocycles. The van der Waals surface area contributed by atoms with Crippen LogP contribution in [-0.4, -0.2) is 29.2 Å². The largest absolute Gasteiger partial charge is 0.411 e. The molecular weight excluding hydrogens is 223 g/mol. The fourth-order valence-corrected chi connectivity index (χ4v) is 1.29. The van der Waals surface area contributed by atoms with E-state index in [0.717, 1.165) is 5.69 Å². The molecule has 0 aliphatic rings. The highest BCUT2D eigenvalue weighted by atomic mass is 19.4. The molecule has 0 fully saturated rings. The molecule has 7 heteroatoms. The topological polar surface area (TPSA) is 53.1 Å². The van der Waals surface area contributed by atoms with Gasteiger partial charge in [-0.15, -0.1) is 0 Å². The second-order valence-electron chi connectivity index (χ2n) is 3.44. The standard InChI is InChI=1S/C9H14F3N3O/c1-15-8(2-4-14-15)7(13)3-5-16-6-9(10,11)12/h2,4,7H,3,5-6,13H2,1H3. The lowest BCUT2D eigenvalue weighted by Gasteiger charge is -2.12. The maximum Gasteiger partial charge on any atom is 0.411 e. The van der Waals surface area contributed by atoms with E-state index in [1.54, 1.807) is 24.0 Å². The van der Waals surface area contributed by atoms with Crippen LogP contribution in [-0.2, 0) is 11.8 Å².